The Morgan fingerprint density at radius 3 is 2.44 bits per heavy atom. The van der Waals surface area contributed by atoms with E-state index in [1.807, 2.05) is 62.1 Å². The molecule has 2 heterocycles. The van der Waals surface area contributed by atoms with E-state index in [9.17, 15) is 14.0 Å². The summed E-state index contributed by atoms with van der Waals surface area (Å²) in [5.74, 6) is -0.188. The van der Waals surface area contributed by atoms with Gasteiger partial charge in [0.05, 0.1) is 17.9 Å². The van der Waals surface area contributed by atoms with Crippen molar-refractivity contribution < 1.29 is 13.9 Å². The molecule has 1 aromatic heterocycles. The maximum Gasteiger partial charge on any atom is 0.411 e. The maximum absolute atomic E-state index is 13.7. The number of aromatic nitrogens is 1. The van der Waals surface area contributed by atoms with Gasteiger partial charge in [0, 0.05) is 31.4 Å². The number of anilines is 1. The van der Waals surface area contributed by atoms with Gasteiger partial charge < -0.3 is 9.64 Å². The standard InChI is InChI=1S/C25H28FN3O3/c1-25(2,3)32-24(31)28-16-15-27(17-28)21-13-14-29(20-7-5-4-6-8-20)23(30)22(21)18-9-11-19(26)12-10-18/h4-9,11,13-14H,10,12,15-17H2,1-3H3. The topological polar surface area (TPSA) is 54.8 Å². The van der Waals surface area contributed by atoms with Crippen LogP contribution in [0.5, 0.6) is 0 Å². The van der Waals surface area contributed by atoms with Crippen LogP contribution in [0.15, 0.2) is 65.4 Å². The lowest BCUT2D eigenvalue weighted by atomic mass is 9.96. The lowest BCUT2D eigenvalue weighted by Crippen LogP contribution is -2.37. The van der Waals surface area contributed by atoms with Crippen LogP contribution in [-0.2, 0) is 4.74 Å². The van der Waals surface area contributed by atoms with Crippen molar-refractivity contribution in [2.24, 2.45) is 0 Å². The minimum atomic E-state index is -0.574. The Morgan fingerprint density at radius 1 is 1.03 bits per heavy atom. The van der Waals surface area contributed by atoms with Gasteiger partial charge >= 0.3 is 6.09 Å². The van der Waals surface area contributed by atoms with Crippen molar-refractivity contribution in [1.29, 1.82) is 0 Å². The Morgan fingerprint density at radius 2 is 1.78 bits per heavy atom. The van der Waals surface area contributed by atoms with Crippen molar-refractivity contribution in [3.8, 4) is 5.69 Å². The number of benzene rings is 1. The second-order valence-corrected chi connectivity index (χ2v) is 9.04. The number of para-hydroxylation sites is 1. The highest BCUT2D eigenvalue weighted by atomic mass is 19.1. The fourth-order valence-corrected chi connectivity index (χ4v) is 3.96. The van der Waals surface area contributed by atoms with Gasteiger partial charge in [0.15, 0.2) is 0 Å². The number of amides is 1. The summed E-state index contributed by atoms with van der Waals surface area (Å²) < 4.78 is 20.8. The number of hydrogen-bond acceptors (Lipinski definition) is 4. The van der Waals surface area contributed by atoms with Gasteiger partial charge in [0.1, 0.15) is 11.4 Å². The molecule has 168 valence electrons. The first-order valence-electron chi connectivity index (χ1n) is 10.8. The molecule has 0 saturated carbocycles. The van der Waals surface area contributed by atoms with Crippen molar-refractivity contribution >= 4 is 17.4 Å². The van der Waals surface area contributed by atoms with Crippen molar-refractivity contribution in [3.05, 3.63) is 76.5 Å². The molecule has 32 heavy (non-hydrogen) atoms. The van der Waals surface area contributed by atoms with E-state index < -0.39 is 5.60 Å². The molecule has 2 aliphatic rings. The second kappa shape index (κ2) is 8.65. The van der Waals surface area contributed by atoms with Crippen molar-refractivity contribution in [1.82, 2.24) is 9.47 Å². The number of hydrogen-bond donors (Lipinski definition) is 0. The summed E-state index contributed by atoms with van der Waals surface area (Å²) in [7, 11) is 0. The van der Waals surface area contributed by atoms with Gasteiger partial charge in [-0.15, -0.1) is 0 Å². The molecule has 2 aromatic rings. The van der Waals surface area contributed by atoms with E-state index in [1.165, 1.54) is 6.08 Å². The van der Waals surface area contributed by atoms with Crippen LogP contribution in [-0.4, -0.2) is 40.9 Å². The summed E-state index contributed by atoms with van der Waals surface area (Å²) in [6.07, 6.45) is 5.23. The first-order chi connectivity index (χ1) is 15.2. The number of carbonyl (C=O) groups is 1. The van der Waals surface area contributed by atoms with Gasteiger partial charge in [-0.1, -0.05) is 24.3 Å². The van der Waals surface area contributed by atoms with Crippen molar-refractivity contribution in [2.75, 3.05) is 24.7 Å². The molecule has 0 N–H and O–H groups in total. The van der Waals surface area contributed by atoms with Crippen LogP contribution in [0.25, 0.3) is 11.3 Å². The fraction of sp³-hybridized carbons (Fsp3) is 0.360. The molecule has 1 aromatic carbocycles. The van der Waals surface area contributed by atoms with Crippen molar-refractivity contribution in [2.45, 2.75) is 39.2 Å². The van der Waals surface area contributed by atoms with E-state index in [-0.39, 0.29) is 23.9 Å². The van der Waals surface area contributed by atoms with E-state index in [2.05, 4.69) is 0 Å². The zero-order chi connectivity index (χ0) is 22.9. The first kappa shape index (κ1) is 21.9. The molecule has 0 radical (unpaired) electrons. The summed E-state index contributed by atoms with van der Waals surface area (Å²) in [4.78, 5) is 29.8. The van der Waals surface area contributed by atoms with E-state index in [4.69, 9.17) is 4.74 Å². The van der Waals surface area contributed by atoms with Crippen LogP contribution in [0, 0.1) is 0 Å². The van der Waals surface area contributed by atoms with Crippen LogP contribution in [0.1, 0.15) is 39.2 Å². The van der Waals surface area contributed by atoms with Gasteiger partial charge in [-0.25, -0.2) is 9.18 Å². The van der Waals surface area contributed by atoms with Crippen LogP contribution in [0.2, 0.25) is 0 Å². The number of pyridine rings is 1. The molecule has 1 aliphatic carbocycles. The molecule has 1 fully saturated rings. The summed E-state index contributed by atoms with van der Waals surface area (Å²) in [5, 5.41) is 0. The lowest BCUT2D eigenvalue weighted by molar-refractivity contribution is 0.0297. The predicted molar refractivity (Wildman–Crippen MR) is 124 cm³/mol. The Bertz CT molecular complexity index is 1130. The lowest BCUT2D eigenvalue weighted by Gasteiger charge is -2.26. The largest absolute Gasteiger partial charge is 0.444 e. The molecule has 0 bridgehead atoms. The zero-order valence-corrected chi connectivity index (χ0v) is 18.7. The van der Waals surface area contributed by atoms with Gasteiger partial charge in [-0.3, -0.25) is 14.3 Å². The van der Waals surface area contributed by atoms with E-state index >= 15 is 0 Å². The maximum atomic E-state index is 13.7. The molecular weight excluding hydrogens is 409 g/mol. The highest BCUT2D eigenvalue weighted by Gasteiger charge is 2.31. The average Bonchev–Trinajstić information content (AvgIpc) is 3.24. The molecule has 0 unspecified atom stereocenters. The molecule has 0 atom stereocenters. The molecule has 1 amide bonds. The number of allylic oxidation sites excluding steroid dienone is 4. The second-order valence-electron chi connectivity index (χ2n) is 9.04. The van der Waals surface area contributed by atoms with E-state index in [0.717, 1.165) is 16.9 Å². The van der Waals surface area contributed by atoms with Crippen LogP contribution >= 0.6 is 0 Å². The minimum absolute atomic E-state index is 0.161. The molecule has 0 spiro atoms. The third-order valence-corrected chi connectivity index (χ3v) is 5.50. The van der Waals surface area contributed by atoms with Crippen LogP contribution in [0.4, 0.5) is 14.9 Å². The Hall–Kier alpha value is -3.35. The zero-order valence-electron chi connectivity index (χ0n) is 18.7. The monoisotopic (exact) mass is 437 g/mol. The third-order valence-electron chi connectivity index (χ3n) is 5.50. The summed E-state index contributed by atoms with van der Waals surface area (Å²) in [6, 6.07) is 11.3. The quantitative estimate of drug-likeness (QED) is 0.687. The van der Waals surface area contributed by atoms with Gasteiger partial charge in [0.25, 0.3) is 5.56 Å². The first-order valence-corrected chi connectivity index (χ1v) is 10.8. The molecule has 4 rings (SSSR count). The smallest absolute Gasteiger partial charge is 0.411 e. The minimum Gasteiger partial charge on any atom is -0.444 e. The van der Waals surface area contributed by atoms with Gasteiger partial charge in [-0.2, -0.15) is 0 Å². The third kappa shape index (κ3) is 4.61. The summed E-state index contributed by atoms with van der Waals surface area (Å²) in [5.41, 5.74) is 2.12. The van der Waals surface area contributed by atoms with E-state index in [0.29, 0.717) is 31.7 Å². The summed E-state index contributed by atoms with van der Waals surface area (Å²) in [6.45, 7) is 6.92. The van der Waals surface area contributed by atoms with Gasteiger partial charge in [0.2, 0.25) is 0 Å². The normalized spacial score (nSPS) is 16.6. The highest BCUT2D eigenvalue weighted by molar-refractivity contribution is 5.79. The average molecular weight is 438 g/mol. The number of carbonyl (C=O) groups excluding carboxylic acids is 1. The number of rotatable bonds is 3. The molecule has 1 saturated heterocycles. The SMILES string of the molecule is CC(C)(C)OC(=O)N1CCN(c2ccn(-c3ccccc3)c(=O)c2C2=CC=C(F)CC2)C1. The van der Waals surface area contributed by atoms with Crippen molar-refractivity contribution in [3.63, 3.8) is 0 Å². The number of nitrogens with zero attached hydrogens (tertiary/aromatic N) is 3. The molecular formula is C25H28FN3O3. The highest BCUT2D eigenvalue weighted by Crippen LogP contribution is 2.33. The molecule has 6 nitrogen and oxygen atoms in total. The molecule has 1 aliphatic heterocycles. The number of halogens is 1. The Balaban J connectivity index is 1.72. The van der Waals surface area contributed by atoms with Crippen LogP contribution in [0.3, 0.4) is 0 Å². The number of ether oxygens (including phenoxy) is 1. The molecule has 7 heteroatoms. The Labute approximate surface area is 187 Å². The fourth-order valence-electron chi connectivity index (χ4n) is 3.96. The van der Waals surface area contributed by atoms with Gasteiger partial charge in [-0.05, 0) is 57.0 Å². The van der Waals surface area contributed by atoms with E-state index in [1.54, 1.807) is 21.7 Å². The van der Waals surface area contributed by atoms with Crippen LogP contribution < -0.4 is 10.5 Å². The Kier molecular flexibility index (Phi) is 5.91. The predicted octanol–water partition coefficient (Wildman–Crippen LogP) is 4.88. The summed E-state index contributed by atoms with van der Waals surface area (Å²) >= 11 is 0.